The minimum Gasteiger partial charge on any atom is -0.481 e. The first kappa shape index (κ1) is 30.7. The number of furan rings is 1. The van der Waals surface area contributed by atoms with Crippen molar-refractivity contribution in [1.29, 1.82) is 0 Å². The van der Waals surface area contributed by atoms with Gasteiger partial charge in [0.25, 0.3) is 0 Å². The van der Waals surface area contributed by atoms with E-state index in [2.05, 4.69) is 103 Å². The molecule has 1 N–H and O–H groups in total. The van der Waals surface area contributed by atoms with Crippen molar-refractivity contribution in [1.82, 2.24) is 4.90 Å². The van der Waals surface area contributed by atoms with Crippen LogP contribution in [0.15, 0.2) is 161 Å². The van der Waals surface area contributed by atoms with Crippen LogP contribution >= 0.6 is 0 Å². The molecule has 236 valence electrons. The summed E-state index contributed by atoms with van der Waals surface area (Å²) in [5.74, 6) is 0.878. The second-order valence-corrected chi connectivity index (χ2v) is 12.6. The Morgan fingerprint density at radius 1 is 0.872 bits per heavy atom. The van der Waals surface area contributed by atoms with Gasteiger partial charge in [-0.25, -0.2) is 4.99 Å². The summed E-state index contributed by atoms with van der Waals surface area (Å²) < 4.78 is 11.8. The van der Waals surface area contributed by atoms with Gasteiger partial charge in [0.15, 0.2) is 0 Å². The van der Waals surface area contributed by atoms with E-state index in [1.807, 2.05) is 48.5 Å². The maximum absolute atomic E-state index is 13.6. The fourth-order valence-corrected chi connectivity index (χ4v) is 7.18. The van der Waals surface area contributed by atoms with Gasteiger partial charge in [-0.1, -0.05) is 127 Å². The smallest absolute Gasteiger partial charge is 0.212 e. The maximum atomic E-state index is 13.6. The molecule has 5 aromatic rings. The van der Waals surface area contributed by atoms with Gasteiger partial charge < -0.3 is 19.2 Å². The molecule has 1 aromatic heterocycles. The summed E-state index contributed by atoms with van der Waals surface area (Å²) in [6.07, 6.45) is 10.8. The van der Waals surface area contributed by atoms with Gasteiger partial charge in [0.1, 0.15) is 11.4 Å². The van der Waals surface area contributed by atoms with Gasteiger partial charge in [-0.15, -0.1) is 0 Å². The predicted molar refractivity (Wildman–Crippen MR) is 190 cm³/mol. The Morgan fingerprint density at radius 2 is 1.62 bits per heavy atom. The fourth-order valence-electron chi connectivity index (χ4n) is 7.18. The zero-order valence-electron chi connectivity index (χ0n) is 26.9. The number of methoxy groups -OCH3 is 1. The third kappa shape index (κ3) is 6.25. The van der Waals surface area contributed by atoms with E-state index < -0.39 is 11.5 Å². The number of aliphatic imine (C=N–C) groups is 1. The Labute approximate surface area is 276 Å². The number of nitrogens with zero attached hydrogens (tertiary/aromatic N) is 2. The molecule has 0 fully saturated rings. The molecule has 5 nitrogen and oxygen atoms in total. The molecule has 5 heteroatoms. The van der Waals surface area contributed by atoms with Crippen LogP contribution in [0.3, 0.4) is 0 Å². The summed E-state index contributed by atoms with van der Waals surface area (Å²) in [6, 6.07) is 39.2. The standard InChI is InChI=1S/C42H40N2O3/c1-44(29-30-13-5-3-6-14-30)25-24-42(45,37-20-11-18-31-15-9-10-19-35(31)37)40(32-16-7-4-8-17-32)36-28-34-27-33(39-21-12-26-47-39)22-23-38(34)43-41(36)46-2/h3-23,26-28,34,38,40,45H,24-25,29H2,1-2H3. The number of ether oxygens (including phenoxy) is 1. The van der Waals surface area contributed by atoms with Gasteiger partial charge in [0, 0.05) is 36.1 Å². The number of benzene rings is 4. The van der Waals surface area contributed by atoms with E-state index in [1.165, 1.54) is 5.56 Å². The highest BCUT2D eigenvalue weighted by molar-refractivity contribution is 5.97. The summed E-state index contributed by atoms with van der Waals surface area (Å²) in [5, 5.41) is 15.7. The average Bonchev–Trinajstić information content (AvgIpc) is 3.66. The number of allylic oxidation sites excluding steroid dienone is 2. The van der Waals surface area contributed by atoms with Crippen molar-refractivity contribution < 1.29 is 14.3 Å². The molecule has 7 rings (SSSR count). The molecule has 4 aromatic carbocycles. The number of dihydropyridines is 1. The molecule has 47 heavy (non-hydrogen) atoms. The van der Waals surface area contributed by atoms with Crippen molar-refractivity contribution >= 4 is 22.2 Å². The third-order valence-corrected chi connectivity index (χ3v) is 9.47. The number of rotatable bonds is 10. The van der Waals surface area contributed by atoms with E-state index in [4.69, 9.17) is 14.1 Å². The lowest BCUT2D eigenvalue weighted by atomic mass is 9.68. The van der Waals surface area contributed by atoms with Gasteiger partial charge in [-0.05, 0) is 53.1 Å². The Balaban J connectivity index is 1.37. The largest absolute Gasteiger partial charge is 0.481 e. The van der Waals surface area contributed by atoms with Crippen LogP contribution in [0.4, 0.5) is 0 Å². The minimum absolute atomic E-state index is 0.0299. The van der Waals surface area contributed by atoms with Crippen LogP contribution in [0.5, 0.6) is 0 Å². The number of fused-ring (bicyclic) bond motifs is 2. The maximum Gasteiger partial charge on any atom is 0.212 e. The highest BCUT2D eigenvalue weighted by atomic mass is 16.5. The van der Waals surface area contributed by atoms with Gasteiger partial charge in [-0.2, -0.15) is 0 Å². The fraction of sp³-hybridized carbons (Fsp3) is 0.214. The lowest BCUT2D eigenvalue weighted by molar-refractivity contribution is 0.00326. The first-order valence-electron chi connectivity index (χ1n) is 16.3. The van der Waals surface area contributed by atoms with Gasteiger partial charge in [0.05, 0.1) is 19.4 Å². The van der Waals surface area contributed by atoms with Crippen molar-refractivity contribution in [3.8, 4) is 0 Å². The zero-order chi connectivity index (χ0) is 32.2. The van der Waals surface area contributed by atoms with Crippen LogP contribution < -0.4 is 0 Å². The SMILES string of the molecule is COC1=NC2C=CC(c3ccco3)=CC2C=C1C(c1ccccc1)C(O)(CCN(C)Cc1ccccc1)c1cccc2ccccc12. The van der Waals surface area contributed by atoms with Gasteiger partial charge >= 0.3 is 0 Å². The summed E-state index contributed by atoms with van der Waals surface area (Å²) in [5.41, 5.74) is 3.72. The molecule has 0 bridgehead atoms. The van der Waals surface area contributed by atoms with E-state index in [0.717, 1.165) is 45.4 Å². The first-order chi connectivity index (χ1) is 23.0. The lowest BCUT2D eigenvalue weighted by Gasteiger charge is -2.42. The second kappa shape index (κ2) is 13.4. The summed E-state index contributed by atoms with van der Waals surface area (Å²) in [6.45, 7) is 1.45. The summed E-state index contributed by atoms with van der Waals surface area (Å²) >= 11 is 0. The monoisotopic (exact) mass is 620 g/mol. The highest BCUT2D eigenvalue weighted by Gasteiger charge is 2.45. The molecule has 2 aliphatic rings. The molecule has 1 aliphatic carbocycles. The molecule has 4 unspecified atom stereocenters. The third-order valence-electron chi connectivity index (χ3n) is 9.47. The molecule has 4 atom stereocenters. The second-order valence-electron chi connectivity index (χ2n) is 12.6. The zero-order valence-corrected chi connectivity index (χ0v) is 26.9. The molecular weight excluding hydrogens is 580 g/mol. The normalized spacial score (nSPS) is 19.4. The van der Waals surface area contributed by atoms with Crippen molar-refractivity contribution in [3.05, 3.63) is 174 Å². The topological polar surface area (TPSA) is 58.2 Å². The quantitative estimate of drug-likeness (QED) is 0.170. The van der Waals surface area contributed by atoms with Crippen LogP contribution in [0, 0.1) is 5.92 Å². The molecule has 0 spiro atoms. The molecule has 1 aliphatic heterocycles. The van der Waals surface area contributed by atoms with Crippen LogP contribution in [0.2, 0.25) is 0 Å². The van der Waals surface area contributed by atoms with E-state index in [-0.39, 0.29) is 12.0 Å². The lowest BCUT2D eigenvalue weighted by Crippen LogP contribution is -2.41. The molecule has 2 heterocycles. The van der Waals surface area contributed by atoms with Crippen LogP contribution in [-0.4, -0.2) is 42.6 Å². The Morgan fingerprint density at radius 3 is 2.38 bits per heavy atom. The Bertz CT molecular complexity index is 1940. The van der Waals surface area contributed by atoms with E-state index in [9.17, 15) is 5.11 Å². The summed E-state index contributed by atoms with van der Waals surface area (Å²) in [7, 11) is 3.80. The van der Waals surface area contributed by atoms with Crippen LogP contribution in [-0.2, 0) is 16.9 Å². The molecule has 0 amide bonds. The van der Waals surface area contributed by atoms with E-state index >= 15 is 0 Å². The van der Waals surface area contributed by atoms with Crippen LogP contribution in [0.25, 0.3) is 16.3 Å². The Hall–Kier alpha value is -4.97. The number of hydrogen-bond donors (Lipinski definition) is 1. The first-order valence-corrected chi connectivity index (χ1v) is 16.3. The van der Waals surface area contributed by atoms with Crippen molar-refractivity contribution in [2.24, 2.45) is 10.9 Å². The van der Waals surface area contributed by atoms with Gasteiger partial charge in [0.2, 0.25) is 5.90 Å². The van der Waals surface area contributed by atoms with Gasteiger partial charge in [-0.3, -0.25) is 0 Å². The van der Waals surface area contributed by atoms with E-state index in [0.29, 0.717) is 18.9 Å². The van der Waals surface area contributed by atoms with Crippen molar-refractivity contribution in [2.75, 3.05) is 20.7 Å². The molecule has 0 saturated heterocycles. The highest BCUT2D eigenvalue weighted by Crippen LogP contribution is 2.49. The minimum atomic E-state index is -1.32. The predicted octanol–water partition coefficient (Wildman–Crippen LogP) is 8.55. The number of hydrogen-bond acceptors (Lipinski definition) is 5. The Kier molecular flexibility index (Phi) is 8.75. The van der Waals surface area contributed by atoms with Crippen LogP contribution in [0.1, 0.15) is 34.8 Å². The molecule has 0 saturated carbocycles. The molecule has 0 radical (unpaired) electrons. The number of aliphatic hydroxyl groups is 1. The summed E-state index contributed by atoms with van der Waals surface area (Å²) in [4.78, 5) is 7.42. The average molecular weight is 621 g/mol. The molecular formula is C42H40N2O3. The van der Waals surface area contributed by atoms with E-state index in [1.54, 1.807) is 13.4 Å². The van der Waals surface area contributed by atoms with Crippen molar-refractivity contribution in [3.63, 3.8) is 0 Å². The van der Waals surface area contributed by atoms with Crippen molar-refractivity contribution in [2.45, 2.75) is 30.5 Å².